The van der Waals surface area contributed by atoms with Gasteiger partial charge < -0.3 is 10.4 Å². The number of anilines is 1. The third-order valence-electron chi connectivity index (χ3n) is 2.32. The summed E-state index contributed by atoms with van der Waals surface area (Å²) in [6.45, 7) is 0. The molecule has 0 atom stereocenters. The monoisotopic (exact) mass is 191 g/mol. The SMILES string of the molecule is O=Cc1ccc(O)c2c1CCC(=O)N2. The lowest BCUT2D eigenvalue weighted by molar-refractivity contribution is -0.116. The van der Waals surface area contributed by atoms with Gasteiger partial charge in [0.15, 0.2) is 0 Å². The number of hydrogen-bond donors (Lipinski definition) is 2. The molecule has 1 aliphatic rings. The zero-order valence-corrected chi connectivity index (χ0v) is 7.41. The van der Waals surface area contributed by atoms with Crippen LogP contribution in [0.4, 0.5) is 5.69 Å². The van der Waals surface area contributed by atoms with Crippen molar-refractivity contribution in [2.45, 2.75) is 12.8 Å². The van der Waals surface area contributed by atoms with E-state index >= 15 is 0 Å². The minimum Gasteiger partial charge on any atom is -0.506 e. The van der Waals surface area contributed by atoms with Crippen LogP contribution in [0.2, 0.25) is 0 Å². The molecule has 2 rings (SSSR count). The molecule has 0 aromatic heterocycles. The molecule has 0 unspecified atom stereocenters. The number of nitrogens with one attached hydrogen (secondary N) is 1. The van der Waals surface area contributed by atoms with Crippen LogP contribution in [-0.2, 0) is 11.2 Å². The normalized spacial score (nSPS) is 14.4. The van der Waals surface area contributed by atoms with Gasteiger partial charge in [-0.1, -0.05) is 0 Å². The number of carbonyl (C=O) groups excluding carboxylic acids is 2. The third-order valence-corrected chi connectivity index (χ3v) is 2.32. The number of phenolic OH excluding ortho intramolecular Hbond substituents is 1. The van der Waals surface area contributed by atoms with Crippen molar-refractivity contribution in [3.05, 3.63) is 23.3 Å². The molecule has 72 valence electrons. The number of carbonyl (C=O) groups is 2. The minimum absolute atomic E-state index is 0.0126. The fraction of sp³-hybridized carbons (Fsp3) is 0.200. The predicted octanol–water partition coefficient (Wildman–Crippen LogP) is 1.09. The fourth-order valence-electron chi connectivity index (χ4n) is 1.61. The molecule has 1 heterocycles. The zero-order chi connectivity index (χ0) is 10.1. The Balaban J connectivity index is 2.59. The summed E-state index contributed by atoms with van der Waals surface area (Å²) in [6, 6.07) is 2.97. The van der Waals surface area contributed by atoms with Gasteiger partial charge in [0, 0.05) is 12.0 Å². The first-order chi connectivity index (χ1) is 6.72. The van der Waals surface area contributed by atoms with Crippen molar-refractivity contribution in [3.8, 4) is 5.75 Å². The maximum absolute atomic E-state index is 11.1. The Morgan fingerprint density at radius 3 is 2.86 bits per heavy atom. The van der Waals surface area contributed by atoms with Gasteiger partial charge in [-0.3, -0.25) is 9.59 Å². The average Bonchev–Trinajstić information content (AvgIpc) is 2.19. The topological polar surface area (TPSA) is 66.4 Å². The molecular weight excluding hydrogens is 182 g/mol. The first-order valence-corrected chi connectivity index (χ1v) is 4.32. The van der Waals surface area contributed by atoms with Gasteiger partial charge in [-0.05, 0) is 24.1 Å². The van der Waals surface area contributed by atoms with Crippen LogP contribution in [0.5, 0.6) is 5.75 Å². The van der Waals surface area contributed by atoms with Crippen LogP contribution in [0.15, 0.2) is 12.1 Å². The number of benzene rings is 1. The molecular formula is C10H9NO3. The molecule has 1 aromatic rings. The van der Waals surface area contributed by atoms with Gasteiger partial charge >= 0.3 is 0 Å². The Labute approximate surface area is 80.6 Å². The van der Waals surface area contributed by atoms with E-state index in [1.54, 1.807) is 6.07 Å². The zero-order valence-electron chi connectivity index (χ0n) is 7.41. The van der Waals surface area contributed by atoms with Crippen LogP contribution in [0.3, 0.4) is 0 Å². The maximum Gasteiger partial charge on any atom is 0.224 e. The number of aldehydes is 1. The van der Waals surface area contributed by atoms with Gasteiger partial charge in [0.25, 0.3) is 0 Å². The highest BCUT2D eigenvalue weighted by atomic mass is 16.3. The summed E-state index contributed by atoms with van der Waals surface area (Å²) >= 11 is 0. The Kier molecular flexibility index (Phi) is 1.96. The maximum atomic E-state index is 11.1. The quantitative estimate of drug-likeness (QED) is 0.515. The van der Waals surface area contributed by atoms with Crippen LogP contribution in [0, 0.1) is 0 Å². The van der Waals surface area contributed by atoms with E-state index in [1.807, 2.05) is 0 Å². The summed E-state index contributed by atoms with van der Waals surface area (Å²) in [5.74, 6) is -0.116. The lowest BCUT2D eigenvalue weighted by Crippen LogP contribution is -2.20. The molecule has 0 spiro atoms. The Hall–Kier alpha value is -1.84. The number of phenols is 1. The van der Waals surface area contributed by atoms with Crippen LogP contribution in [0.25, 0.3) is 0 Å². The molecule has 0 saturated carbocycles. The predicted molar refractivity (Wildman–Crippen MR) is 50.4 cm³/mol. The van der Waals surface area contributed by atoms with Crippen LogP contribution in [0.1, 0.15) is 22.3 Å². The minimum atomic E-state index is -0.129. The van der Waals surface area contributed by atoms with Gasteiger partial charge in [-0.25, -0.2) is 0 Å². The molecule has 4 nitrogen and oxygen atoms in total. The van der Waals surface area contributed by atoms with E-state index in [9.17, 15) is 14.7 Å². The van der Waals surface area contributed by atoms with Crippen LogP contribution >= 0.6 is 0 Å². The van der Waals surface area contributed by atoms with Crippen molar-refractivity contribution in [3.63, 3.8) is 0 Å². The molecule has 0 radical (unpaired) electrons. The van der Waals surface area contributed by atoms with Crippen molar-refractivity contribution < 1.29 is 14.7 Å². The molecule has 2 N–H and O–H groups in total. The van der Waals surface area contributed by atoms with Gasteiger partial charge in [-0.2, -0.15) is 0 Å². The van der Waals surface area contributed by atoms with E-state index in [1.165, 1.54) is 6.07 Å². The lowest BCUT2D eigenvalue weighted by atomic mass is 9.97. The summed E-state index contributed by atoms with van der Waals surface area (Å²) in [6.07, 6.45) is 1.59. The molecule has 1 aliphatic heterocycles. The molecule has 4 heteroatoms. The Morgan fingerprint density at radius 2 is 2.14 bits per heavy atom. The second kappa shape index (κ2) is 3.14. The highest BCUT2D eigenvalue weighted by Crippen LogP contribution is 2.33. The van der Waals surface area contributed by atoms with E-state index in [2.05, 4.69) is 5.32 Å². The number of rotatable bonds is 1. The van der Waals surface area contributed by atoms with Crippen LogP contribution < -0.4 is 5.32 Å². The van der Waals surface area contributed by atoms with Gasteiger partial charge in [0.05, 0.1) is 5.69 Å². The molecule has 0 bridgehead atoms. The molecule has 0 fully saturated rings. The van der Waals surface area contributed by atoms with E-state index in [-0.39, 0.29) is 11.7 Å². The lowest BCUT2D eigenvalue weighted by Gasteiger charge is -2.18. The average molecular weight is 191 g/mol. The first-order valence-electron chi connectivity index (χ1n) is 4.32. The summed E-state index contributed by atoms with van der Waals surface area (Å²) in [4.78, 5) is 21.7. The highest BCUT2D eigenvalue weighted by molar-refractivity contribution is 5.98. The van der Waals surface area contributed by atoms with Crippen molar-refractivity contribution in [2.24, 2.45) is 0 Å². The second-order valence-corrected chi connectivity index (χ2v) is 3.19. The number of hydrogen-bond acceptors (Lipinski definition) is 3. The van der Waals surface area contributed by atoms with Gasteiger partial charge in [0.1, 0.15) is 12.0 Å². The second-order valence-electron chi connectivity index (χ2n) is 3.19. The van der Waals surface area contributed by atoms with Gasteiger partial charge in [0.2, 0.25) is 5.91 Å². The molecule has 1 aromatic carbocycles. The van der Waals surface area contributed by atoms with Crippen LogP contribution in [-0.4, -0.2) is 17.3 Å². The molecule has 0 saturated heterocycles. The van der Waals surface area contributed by atoms with Crippen molar-refractivity contribution >= 4 is 17.9 Å². The van der Waals surface area contributed by atoms with Crippen molar-refractivity contribution in [2.75, 3.05) is 5.32 Å². The molecule has 14 heavy (non-hydrogen) atoms. The van der Waals surface area contributed by atoms with E-state index < -0.39 is 0 Å². The van der Waals surface area contributed by atoms with E-state index in [4.69, 9.17) is 0 Å². The summed E-state index contributed by atoms with van der Waals surface area (Å²) in [5.41, 5.74) is 1.63. The summed E-state index contributed by atoms with van der Waals surface area (Å²) in [5, 5.41) is 12.0. The van der Waals surface area contributed by atoms with Gasteiger partial charge in [-0.15, -0.1) is 0 Å². The fourth-order valence-corrected chi connectivity index (χ4v) is 1.61. The van der Waals surface area contributed by atoms with Crippen molar-refractivity contribution in [1.82, 2.24) is 0 Å². The van der Waals surface area contributed by atoms with Crippen molar-refractivity contribution in [1.29, 1.82) is 0 Å². The number of amides is 1. The number of fused-ring (bicyclic) bond motifs is 1. The van der Waals surface area contributed by atoms with E-state index in [0.29, 0.717) is 24.1 Å². The summed E-state index contributed by atoms with van der Waals surface area (Å²) < 4.78 is 0. The number of aromatic hydroxyl groups is 1. The third kappa shape index (κ3) is 1.25. The highest BCUT2D eigenvalue weighted by Gasteiger charge is 2.20. The summed E-state index contributed by atoms with van der Waals surface area (Å²) in [7, 11) is 0. The standard InChI is InChI=1S/C10H9NO3/c12-5-6-1-3-8(13)10-7(6)2-4-9(14)11-10/h1,3,5,13H,2,4H2,(H,11,14). The first kappa shape index (κ1) is 8.74. The van der Waals surface area contributed by atoms with E-state index in [0.717, 1.165) is 11.8 Å². The largest absolute Gasteiger partial charge is 0.506 e. The molecule has 1 amide bonds. The molecule has 0 aliphatic carbocycles. The Morgan fingerprint density at radius 1 is 1.36 bits per heavy atom. The Bertz CT molecular complexity index is 412. The smallest absolute Gasteiger partial charge is 0.224 e.